The van der Waals surface area contributed by atoms with Gasteiger partial charge in [-0.3, -0.25) is 24.8 Å². The number of carbonyl (C=O) groups excluding carboxylic acids is 2. The summed E-state index contributed by atoms with van der Waals surface area (Å²) in [5.41, 5.74) is 5.01. The molecule has 0 aliphatic rings. The molecule has 1 aromatic carbocycles. The van der Waals surface area contributed by atoms with Crippen molar-refractivity contribution in [3.8, 4) is 0 Å². The molecule has 0 fully saturated rings. The van der Waals surface area contributed by atoms with Gasteiger partial charge in [0.2, 0.25) is 11.8 Å². The van der Waals surface area contributed by atoms with Crippen LogP contribution in [0.4, 0.5) is 20.2 Å². The second-order valence-electron chi connectivity index (χ2n) is 6.22. The zero-order valence-corrected chi connectivity index (χ0v) is 15.7. The van der Waals surface area contributed by atoms with Crippen LogP contribution in [0.2, 0.25) is 0 Å². The van der Waals surface area contributed by atoms with E-state index in [0.29, 0.717) is 11.4 Å². The molecule has 2 rings (SSSR count). The van der Waals surface area contributed by atoms with Gasteiger partial charge in [0.05, 0.1) is 17.8 Å². The molecule has 1 heterocycles. The molecule has 0 unspecified atom stereocenters. The Morgan fingerprint density at radius 2 is 1.67 bits per heavy atom. The Balaban J connectivity index is 1.94. The molecule has 0 bridgehead atoms. The molecule has 30 heavy (non-hydrogen) atoms. The fourth-order valence-corrected chi connectivity index (χ4v) is 2.47. The number of aryl methyl sites for hydroxylation is 1. The largest absolute Gasteiger partial charge is 0.481 e. The van der Waals surface area contributed by atoms with E-state index in [1.165, 1.54) is 6.20 Å². The van der Waals surface area contributed by atoms with Gasteiger partial charge in [-0.25, -0.2) is 8.78 Å². The van der Waals surface area contributed by atoms with Gasteiger partial charge in [-0.1, -0.05) is 0 Å². The van der Waals surface area contributed by atoms with E-state index in [2.05, 4.69) is 15.6 Å². The number of nitrogens with two attached hydrogens (primary N) is 1. The average molecular weight is 419 g/mol. The number of halogens is 2. The van der Waals surface area contributed by atoms with Crippen LogP contribution in [0, 0.1) is 17.0 Å². The number of hydrogen-bond donors (Lipinski definition) is 5. The lowest BCUT2D eigenvalue weighted by atomic mass is 10.1. The van der Waals surface area contributed by atoms with Crippen molar-refractivity contribution in [3.05, 3.63) is 53.4 Å². The molecule has 0 radical (unpaired) electrons. The smallest absolute Gasteiger partial charge is 0.303 e. The molecule has 11 heteroatoms. The van der Waals surface area contributed by atoms with Gasteiger partial charge in [0.15, 0.2) is 0 Å². The summed E-state index contributed by atoms with van der Waals surface area (Å²) in [7, 11) is 0. The molecule has 0 aliphatic carbocycles. The zero-order chi connectivity index (χ0) is 22.3. The fourth-order valence-electron chi connectivity index (χ4n) is 2.47. The number of hydrogen-bond acceptors (Lipinski definition) is 5. The van der Waals surface area contributed by atoms with Crippen LogP contribution < -0.4 is 16.4 Å². The van der Waals surface area contributed by atoms with Crippen molar-refractivity contribution < 1.29 is 28.3 Å². The normalized spacial score (nSPS) is 10.3. The number of aliphatic carboxylic acids is 1. The lowest BCUT2D eigenvalue weighted by Gasteiger charge is -2.11. The molecule has 6 N–H and O–H groups in total. The van der Waals surface area contributed by atoms with E-state index in [9.17, 15) is 23.2 Å². The number of benzene rings is 1. The van der Waals surface area contributed by atoms with Crippen LogP contribution in [0.3, 0.4) is 0 Å². The van der Waals surface area contributed by atoms with Gasteiger partial charge in [-0.15, -0.1) is 0 Å². The topological polar surface area (TPSA) is 158 Å². The van der Waals surface area contributed by atoms with Gasteiger partial charge < -0.3 is 21.5 Å². The van der Waals surface area contributed by atoms with Gasteiger partial charge in [0, 0.05) is 31.0 Å². The summed E-state index contributed by atoms with van der Waals surface area (Å²) in [6.07, 6.45) is 0.765. The van der Waals surface area contributed by atoms with E-state index >= 15 is 0 Å². The third-order valence-electron chi connectivity index (χ3n) is 3.94. The number of rotatable bonds is 9. The first-order valence-corrected chi connectivity index (χ1v) is 8.76. The lowest BCUT2D eigenvalue weighted by molar-refractivity contribution is -0.137. The second-order valence-corrected chi connectivity index (χ2v) is 6.22. The molecule has 0 saturated carbocycles. The molecule has 9 nitrogen and oxygen atoms in total. The summed E-state index contributed by atoms with van der Waals surface area (Å²) in [5, 5.41) is 20.5. The molecular formula is C19H19F2N5O4. The third kappa shape index (κ3) is 6.33. The maximum Gasteiger partial charge on any atom is 0.303 e. The Morgan fingerprint density at radius 1 is 1.07 bits per heavy atom. The van der Waals surface area contributed by atoms with Crippen molar-refractivity contribution in [2.45, 2.75) is 25.7 Å². The summed E-state index contributed by atoms with van der Waals surface area (Å²) < 4.78 is 27.9. The molecule has 0 atom stereocenters. The Labute approximate surface area is 169 Å². The predicted molar refractivity (Wildman–Crippen MR) is 104 cm³/mol. The summed E-state index contributed by atoms with van der Waals surface area (Å²) in [5.74, 6) is -5.09. The number of anilines is 2. The van der Waals surface area contributed by atoms with Gasteiger partial charge in [-0.2, -0.15) is 0 Å². The Hall–Kier alpha value is -3.89. The van der Waals surface area contributed by atoms with Crippen LogP contribution in [0.15, 0.2) is 30.5 Å². The molecule has 0 spiro atoms. The van der Waals surface area contributed by atoms with Crippen LogP contribution in [0.25, 0.3) is 0 Å². The Kier molecular flexibility index (Phi) is 7.50. The predicted octanol–water partition coefficient (Wildman–Crippen LogP) is 2.02. The van der Waals surface area contributed by atoms with Crippen molar-refractivity contribution in [2.24, 2.45) is 5.73 Å². The number of amides is 2. The van der Waals surface area contributed by atoms with E-state index in [4.69, 9.17) is 16.2 Å². The molecular weight excluding hydrogens is 400 g/mol. The second kappa shape index (κ2) is 10.0. The maximum atomic E-state index is 14.0. The molecule has 1 aromatic heterocycles. The van der Waals surface area contributed by atoms with Crippen molar-refractivity contribution >= 4 is 35.0 Å². The molecule has 0 saturated heterocycles. The van der Waals surface area contributed by atoms with Crippen LogP contribution in [0.1, 0.15) is 30.5 Å². The maximum absolute atomic E-state index is 14.0. The number of carboxylic acid groups (broad SMARTS) is 1. The number of pyridine rings is 1. The van der Waals surface area contributed by atoms with Crippen molar-refractivity contribution in [2.75, 3.05) is 10.6 Å². The van der Waals surface area contributed by atoms with Crippen molar-refractivity contribution in [1.29, 1.82) is 5.41 Å². The monoisotopic (exact) mass is 419 g/mol. The fraction of sp³-hybridized carbons (Fsp3) is 0.211. The molecule has 0 aliphatic heterocycles. The number of aromatic nitrogens is 1. The van der Waals surface area contributed by atoms with E-state index in [1.807, 2.05) is 0 Å². The number of carboxylic acids is 1. The van der Waals surface area contributed by atoms with E-state index in [-0.39, 0.29) is 31.2 Å². The highest BCUT2D eigenvalue weighted by molar-refractivity contribution is 5.98. The zero-order valence-electron chi connectivity index (χ0n) is 15.7. The average Bonchev–Trinajstić information content (AvgIpc) is 2.68. The molecule has 2 aromatic rings. The summed E-state index contributed by atoms with van der Waals surface area (Å²) in [6, 6.07) is 4.73. The van der Waals surface area contributed by atoms with E-state index < -0.39 is 40.9 Å². The van der Waals surface area contributed by atoms with Crippen molar-refractivity contribution in [3.63, 3.8) is 0 Å². The summed E-state index contributed by atoms with van der Waals surface area (Å²) >= 11 is 0. The van der Waals surface area contributed by atoms with Gasteiger partial charge in [0.1, 0.15) is 23.2 Å². The van der Waals surface area contributed by atoms with Crippen LogP contribution in [-0.4, -0.2) is 33.7 Å². The Bertz CT molecular complexity index is 974. The highest BCUT2D eigenvalue weighted by atomic mass is 19.1. The minimum atomic E-state index is -1.10. The van der Waals surface area contributed by atoms with E-state index in [0.717, 1.165) is 12.1 Å². The standard InChI is InChI=1S/C19H19F2N5O4/c20-11-8-10(19(22)23)9-12(21)18(11)26-16(28)5-4-15(27)25-14-2-1-7-24-13(14)3-6-17(29)30/h1-2,7-9H,3-6H2,(H3,22,23)(H,25,27)(H,26,28)(H,29,30). The molecule has 158 valence electrons. The summed E-state index contributed by atoms with van der Waals surface area (Å²) in [6.45, 7) is 0. The van der Waals surface area contributed by atoms with E-state index in [1.54, 1.807) is 12.1 Å². The number of carbonyl (C=O) groups is 3. The van der Waals surface area contributed by atoms with Crippen LogP contribution in [-0.2, 0) is 20.8 Å². The molecule has 2 amide bonds. The first-order valence-electron chi connectivity index (χ1n) is 8.76. The Morgan fingerprint density at radius 3 is 2.23 bits per heavy atom. The van der Waals surface area contributed by atoms with Gasteiger partial charge in [-0.05, 0) is 24.3 Å². The highest BCUT2D eigenvalue weighted by Gasteiger charge is 2.16. The first-order chi connectivity index (χ1) is 14.2. The minimum Gasteiger partial charge on any atom is -0.481 e. The SMILES string of the molecule is N=C(N)c1cc(F)c(NC(=O)CCC(=O)Nc2cccnc2CCC(=O)O)c(F)c1. The number of amidine groups is 1. The number of nitrogens with zero attached hydrogens (tertiary/aromatic N) is 1. The van der Waals surface area contributed by atoms with Gasteiger partial charge >= 0.3 is 5.97 Å². The first kappa shape index (κ1) is 22.4. The van der Waals surface area contributed by atoms with Gasteiger partial charge in [0.25, 0.3) is 0 Å². The minimum absolute atomic E-state index is 0.112. The lowest BCUT2D eigenvalue weighted by Crippen LogP contribution is -2.20. The highest BCUT2D eigenvalue weighted by Crippen LogP contribution is 2.21. The van der Waals surface area contributed by atoms with Crippen LogP contribution >= 0.6 is 0 Å². The quantitative estimate of drug-likeness (QED) is 0.309. The van der Waals surface area contributed by atoms with Crippen LogP contribution in [0.5, 0.6) is 0 Å². The number of nitrogens with one attached hydrogen (secondary N) is 3. The third-order valence-corrected chi connectivity index (χ3v) is 3.94. The van der Waals surface area contributed by atoms with Crippen molar-refractivity contribution in [1.82, 2.24) is 4.98 Å². The summed E-state index contributed by atoms with van der Waals surface area (Å²) in [4.78, 5) is 38.8. The number of nitrogen functional groups attached to an aromatic ring is 1.